The van der Waals surface area contributed by atoms with Crippen LogP contribution in [-0.2, 0) is 0 Å². The van der Waals surface area contributed by atoms with Crippen molar-refractivity contribution in [3.05, 3.63) is 68.6 Å². The normalized spacial score (nSPS) is 11.4. The first-order valence-electron chi connectivity index (χ1n) is 8.73. The highest BCUT2D eigenvalue weighted by molar-refractivity contribution is 9.13. The van der Waals surface area contributed by atoms with Crippen LogP contribution in [0.1, 0.15) is 11.1 Å². The monoisotopic (exact) mass is 514 g/mol. The quantitative estimate of drug-likeness (QED) is 0.304. The molecule has 1 N–H and O–H groups in total. The molecule has 0 unspecified atom stereocenters. The minimum atomic E-state index is 0.0109. The highest BCUT2D eigenvalue weighted by Gasteiger charge is 2.14. The predicted octanol–water partition coefficient (Wildman–Crippen LogP) is 6.79. The van der Waals surface area contributed by atoms with Crippen LogP contribution >= 0.6 is 31.9 Å². The van der Waals surface area contributed by atoms with E-state index in [2.05, 4.69) is 41.8 Å². The van der Waals surface area contributed by atoms with Gasteiger partial charge in [-0.3, -0.25) is 4.99 Å². The minimum Gasteiger partial charge on any atom is -0.504 e. The SMILES string of the molecule is COc1cc(Br)c(Br)c(C=Nc2cccc(-c3nc4ccc(C)cc4o3)c2)c1O. The summed E-state index contributed by atoms with van der Waals surface area (Å²) >= 11 is 6.91. The van der Waals surface area contributed by atoms with Crippen LogP contribution < -0.4 is 4.74 Å². The Morgan fingerprint density at radius 2 is 1.97 bits per heavy atom. The van der Waals surface area contributed by atoms with Gasteiger partial charge in [-0.2, -0.15) is 0 Å². The number of methoxy groups -OCH3 is 1. The zero-order chi connectivity index (χ0) is 20.5. The van der Waals surface area contributed by atoms with E-state index in [9.17, 15) is 5.11 Å². The summed E-state index contributed by atoms with van der Waals surface area (Å²) < 4.78 is 12.5. The van der Waals surface area contributed by atoms with Crippen LogP contribution in [0.2, 0.25) is 0 Å². The molecule has 0 atom stereocenters. The van der Waals surface area contributed by atoms with Crippen LogP contribution in [0.25, 0.3) is 22.6 Å². The van der Waals surface area contributed by atoms with Gasteiger partial charge in [0.1, 0.15) is 5.52 Å². The summed E-state index contributed by atoms with van der Waals surface area (Å²) in [5.74, 6) is 0.907. The first kappa shape index (κ1) is 19.7. The van der Waals surface area contributed by atoms with E-state index >= 15 is 0 Å². The second kappa shape index (κ2) is 8.00. The highest BCUT2D eigenvalue weighted by Crippen LogP contribution is 2.39. The third-order valence-corrected chi connectivity index (χ3v) is 6.40. The number of hydrogen-bond acceptors (Lipinski definition) is 5. The molecule has 0 aliphatic heterocycles. The first-order valence-corrected chi connectivity index (χ1v) is 10.3. The molecule has 146 valence electrons. The number of hydrogen-bond donors (Lipinski definition) is 1. The van der Waals surface area contributed by atoms with Gasteiger partial charge in [-0.1, -0.05) is 12.1 Å². The molecule has 0 fully saturated rings. The van der Waals surface area contributed by atoms with Crippen molar-refractivity contribution in [1.29, 1.82) is 0 Å². The summed E-state index contributed by atoms with van der Waals surface area (Å²) in [6.07, 6.45) is 1.58. The number of phenolic OH excluding ortho intramolecular Hbond substituents is 1. The summed E-state index contributed by atoms with van der Waals surface area (Å²) in [6.45, 7) is 2.02. The number of oxazole rings is 1. The second-order valence-electron chi connectivity index (χ2n) is 6.44. The first-order chi connectivity index (χ1) is 14.0. The maximum Gasteiger partial charge on any atom is 0.227 e. The summed E-state index contributed by atoms with van der Waals surface area (Å²) in [5.41, 5.74) is 4.72. The Kier molecular flexibility index (Phi) is 5.43. The number of fused-ring (bicyclic) bond motifs is 1. The maximum atomic E-state index is 10.4. The van der Waals surface area contributed by atoms with Crippen molar-refractivity contribution in [1.82, 2.24) is 4.98 Å². The van der Waals surface area contributed by atoms with Crippen LogP contribution in [0.4, 0.5) is 5.69 Å². The number of nitrogens with zero attached hydrogens (tertiary/aromatic N) is 2. The van der Waals surface area contributed by atoms with E-state index < -0.39 is 0 Å². The third kappa shape index (κ3) is 3.93. The molecule has 0 spiro atoms. The van der Waals surface area contributed by atoms with E-state index in [0.29, 0.717) is 27.4 Å². The summed E-state index contributed by atoms with van der Waals surface area (Å²) in [4.78, 5) is 9.07. The van der Waals surface area contributed by atoms with Gasteiger partial charge in [0.15, 0.2) is 17.1 Å². The minimum absolute atomic E-state index is 0.0109. The maximum absolute atomic E-state index is 10.4. The van der Waals surface area contributed by atoms with Crippen LogP contribution in [0.3, 0.4) is 0 Å². The van der Waals surface area contributed by atoms with Gasteiger partial charge in [0.05, 0.1) is 18.4 Å². The van der Waals surface area contributed by atoms with Crippen LogP contribution in [0, 0.1) is 6.92 Å². The molecular weight excluding hydrogens is 500 g/mol. The van der Waals surface area contributed by atoms with E-state index in [1.807, 2.05) is 49.4 Å². The van der Waals surface area contributed by atoms with Gasteiger partial charge in [0.25, 0.3) is 0 Å². The topological polar surface area (TPSA) is 67.9 Å². The summed E-state index contributed by atoms with van der Waals surface area (Å²) in [6, 6.07) is 15.2. The Hall–Kier alpha value is -2.64. The lowest BCUT2D eigenvalue weighted by atomic mass is 10.2. The number of aromatic nitrogens is 1. The molecule has 0 aliphatic rings. The van der Waals surface area contributed by atoms with Crippen molar-refractivity contribution in [2.45, 2.75) is 6.92 Å². The van der Waals surface area contributed by atoms with E-state index in [1.54, 1.807) is 12.3 Å². The fourth-order valence-electron chi connectivity index (χ4n) is 2.90. The van der Waals surface area contributed by atoms with E-state index in [0.717, 1.165) is 26.7 Å². The molecule has 29 heavy (non-hydrogen) atoms. The van der Waals surface area contributed by atoms with Gasteiger partial charge >= 0.3 is 0 Å². The molecule has 0 aliphatic carbocycles. The van der Waals surface area contributed by atoms with Crippen LogP contribution in [0.15, 0.2) is 66.9 Å². The highest BCUT2D eigenvalue weighted by atomic mass is 79.9. The molecule has 3 aromatic carbocycles. The molecule has 0 radical (unpaired) electrons. The number of aromatic hydroxyl groups is 1. The van der Waals surface area contributed by atoms with Gasteiger partial charge in [-0.15, -0.1) is 0 Å². The van der Waals surface area contributed by atoms with E-state index in [-0.39, 0.29) is 5.75 Å². The van der Waals surface area contributed by atoms with E-state index in [4.69, 9.17) is 9.15 Å². The van der Waals surface area contributed by atoms with Crippen LogP contribution in [0.5, 0.6) is 11.5 Å². The molecule has 0 saturated heterocycles. The molecule has 0 saturated carbocycles. The standard InChI is InChI=1S/C22H16Br2N2O3/c1-12-6-7-17-18(8-12)29-22(26-17)13-4-3-5-14(9-13)25-11-15-20(24)16(23)10-19(28-2)21(15)27/h3-11,27H,1-2H3. The lowest BCUT2D eigenvalue weighted by molar-refractivity contribution is 0.372. The largest absolute Gasteiger partial charge is 0.504 e. The summed E-state index contributed by atoms with van der Waals surface area (Å²) in [7, 11) is 1.50. The number of rotatable bonds is 4. The second-order valence-corrected chi connectivity index (χ2v) is 8.08. The number of halogens is 2. The average Bonchev–Trinajstić information content (AvgIpc) is 3.14. The average molecular weight is 516 g/mol. The summed E-state index contributed by atoms with van der Waals surface area (Å²) in [5, 5.41) is 10.4. The van der Waals surface area contributed by atoms with Gasteiger partial charge in [0.2, 0.25) is 5.89 Å². The number of aryl methyl sites for hydroxylation is 1. The molecule has 5 nitrogen and oxygen atoms in total. The van der Waals surface area contributed by atoms with Gasteiger partial charge < -0.3 is 14.3 Å². The molecular formula is C22H16Br2N2O3. The fraction of sp³-hybridized carbons (Fsp3) is 0.0909. The van der Waals surface area contributed by atoms with Crippen molar-refractivity contribution in [3.63, 3.8) is 0 Å². The van der Waals surface area contributed by atoms with Crippen molar-refractivity contribution in [2.75, 3.05) is 7.11 Å². The molecule has 4 aromatic rings. The Morgan fingerprint density at radius 1 is 1.14 bits per heavy atom. The van der Waals surface area contributed by atoms with Crippen molar-refractivity contribution < 1.29 is 14.3 Å². The molecule has 4 rings (SSSR count). The predicted molar refractivity (Wildman–Crippen MR) is 121 cm³/mol. The van der Waals surface area contributed by atoms with Gasteiger partial charge in [-0.05, 0) is 80.7 Å². The zero-order valence-electron chi connectivity index (χ0n) is 15.6. The molecule has 1 heterocycles. The lowest BCUT2D eigenvalue weighted by Gasteiger charge is -2.09. The number of aliphatic imine (C=N–C) groups is 1. The lowest BCUT2D eigenvalue weighted by Crippen LogP contribution is -1.91. The van der Waals surface area contributed by atoms with Crippen molar-refractivity contribution in [2.24, 2.45) is 4.99 Å². The Balaban J connectivity index is 1.70. The molecule has 1 aromatic heterocycles. The van der Waals surface area contributed by atoms with Gasteiger partial charge in [0, 0.05) is 20.7 Å². The number of benzene rings is 3. The zero-order valence-corrected chi connectivity index (χ0v) is 18.8. The van der Waals surface area contributed by atoms with Crippen molar-refractivity contribution >= 4 is 54.9 Å². The van der Waals surface area contributed by atoms with Crippen LogP contribution in [-0.4, -0.2) is 23.4 Å². The molecule has 7 heteroatoms. The Labute approximate surface area is 184 Å². The fourth-order valence-corrected chi connectivity index (χ4v) is 3.73. The number of ether oxygens (including phenoxy) is 1. The van der Waals surface area contributed by atoms with Gasteiger partial charge in [-0.25, -0.2) is 4.98 Å². The smallest absolute Gasteiger partial charge is 0.227 e. The van der Waals surface area contributed by atoms with Crippen molar-refractivity contribution in [3.8, 4) is 23.0 Å². The Morgan fingerprint density at radius 3 is 2.76 bits per heavy atom. The number of phenols is 1. The molecule has 0 amide bonds. The molecule has 0 bridgehead atoms. The third-order valence-electron chi connectivity index (χ3n) is 4.39. The Bertz CT molecular complexity index is 1250. The van der Waals surface area contributed by atoms with E-state index in [1.165, 1.54) is 7.11 Å².